The van der Waals surface area contributed by atoms with Gasteiger partial charge in [-0.1, -0.05) is 6.07 Å². The Hall–Kier alpha value is -3.25. The summed E-state index contributed by atoms with van der Waals surface area (Å²) in [6.07, 6.45) is -1.61. The summed E-state index contributed by atoms with van der Waals surface area (Å²) < 4.78 is 48.5. The lowest BCUT2D eigenvalue weighted by molar-refractivity contribution is -0.192. The predicted octanol–water partition coefficient (Wildman–Crippen LogP) is 3.08. The van der Waals surface area contributed by atoms with Gasteiger partial charge >= 0.3 is 12.1 Å². The second-order valence-electron chi connectivity index (χ2n) is 8.13. The maximum atomic E-state index is 15.0. The van der Waals surface area contributed by atoms with Crippen molar-refractivity contribution in [2.24, 2.45) is 5.73 Å². The van der Waals surface area contributed by atoms with Crippen molar-refractivity contribution in [1.29, 1.82) is 0 Å². The number of rotatable bonds is 3. The molecule has 1 saturated heterocycles. The number of likely N-dealkylation sites (N-methyl/N-ethyl adjacent to an activating group) is 1. The minimum atomic E-state index is -5.08. The summed E-state index contributed by atoms with van der Waals surface area (Å²) in [5.74, 6) is -3.03. The third-order valence-corrected chi connectivity index (χ3v) is 5.93. The van der Waals surface area contributed by atoms with Crippen molar-refractivity contribution in [2.45, 2.75) is 32.6 Å². The van der Waals surface area contributed by atoms with E-state index < -0.39 is 12.1 Å². The Morgan fingerprint density at radius 1 is 1.29 bits per heavy atom. The summed E-state index contributed by atoms with van der Waals surface area (Å²) in [6, 6.07) is 6.17. The van der Waals surface area contributed by atoms with E-state index in [4.69, 9.17) is 15.6 Å². The molecule has 1 aromatic carbocycles. The molecule has 2 aromatic heterocycles. The lowest BCUT2D eigenvalue weighted by Gasteiger charge is -2.38. The van der Waals surface area contributed by atoms with Crippen LogP contribution in [0.3, 0.4) is 0 Å². The van der Waals surface area contributed by atoms with Gasteiger partial charge in [0.05, 0.1) is 17.4 Å². The lowest BCUT2D eigenvalue weighted by Crippen LogP contribution is -2.50. The molecule has 0 spiro atoms. The van der Waals surface area contributed by atoms with Gasteiger partial charge in [0.2, 0.25) is 0 Å². The molecule has 1 fully saturated rings. The van der Waals surface area contributed by atoms with Gasteiger partial charge in [-0.15, -0.1) is 0 Å². The first-order valence-corrected chi connectivity index (χ1v) is 10.5. The first-order chi connectivity index (χ1) is 15.9. The van der Waals surface area contributed by atoms with Gasteiger partial charge in [-0.3, -0.25) is 0 Å². The molecule has 4 rings (SSSR count). The van der Waals surface area contributed by atoms with E-state index in [1.54, 1.807) is 17.5 Å². The number of alkyl halides is 3. The average Bonchev–Trinajstić information content (AvgIpc) is 3.22. The van der Waals surface area contributed by atoms with E-state index in [0.29, 0.717) is 29.4 Å². The van der Waals surface area contributed by atoms with E-state index in [2.05, 4.69) is 39.9 Å². The van der Waals surface area contributed by atoms with E-state index in [1.807, 2.05) is 12.3 Å². The molecule has 1 aliphatic heterocycles. The molecular weight excluding hydrogens is 456 g/mol. The number of aromatic nitrogens is 3. The van der Waals surface area contributed by atoms with Gasteiger partial charge in [0.15, 0.2) is 0 Å². The highest BCUT2D eigenvalue weighted by Crippen LogP contribution is 2.31. The number of carboxylic acids is 1. The Balaban J connectivity index is 0.000000406. The molecule has 0 radical (unpaired) electrons. The van der Waals surface area contributed by atoms with Crippen LogP contribution in [-0.4, -0.2) is 69.5 Å². The van der Waals surface area contributed by atoms with Crippen LogP contribution in [0.1, 0.15) is 18.1 Å². The van der Waals surface area contributed by atoms with Gasteiger partial charge in [-0.2, -0.15) is 18.3 Å². The zero-order valence-electron chi connectivity index (χ0n) is 19.0. The Bertz CT molecular complexity index is 1180. The molecule has 3 N–H and O–H groups in total. The van der Waals surface area contributed by atoms with Gasteiger partial charge in [-0.05, 0) is 44.2 Å². The van der Waals surface area contributed by atoms with E-state index in [0.717, 1.165) is 36.4 Å². The maximum absolute atomic E-state index is 15.0. The zero-order chi connectivity index (χ0) is 25.2. The highest BCUT2D eigenvalue weighted by atomic mass is 19.4. The van der Waals surface area contributed by atoms with Crippen molar-refractivity contribution >= 4 is 17.2 Å². The number of nitrogens with two attached hydrogens (primary N) is 1. The quantitative estimate of drug-likeness (QED) is 0.554. The van der Waals surface area contributed by atoms with Crippen molar-refractivity contribution in [3.8, 4) is 11.3 Å². The van der Waals surface area contributed by atoms with Gasteiger partial charge in [0.1, 0.15) is 17.8 Å². The van der Waals surface area contributed by atoms with Crippen molar-refractivity contribution in [3.63, 3.8) is 0 Å². The summed E-state index contributed by atoms with van der Waals surface area (Å²) in [6.45, 7) is 7.23. The lowest BCUT2D eigenvalue weighted by atomic mass is 10.0. The van der Waals surface area contributed by atoms with Gasteiger partial charge < -0.3 is 20.6 Å². The fraction of sp³-hybridized carbons (Fsp3) is 0.409. The summed E-state index contributed by atoms with van der Waals surface area (Å²) in [4.78, 5) is 18.0. The molecule has 3 heterocycles. The Morgan fingerprint density at radius 2 is 1.97 bits per heavy atom. The van der Waals surface area contributed by atoms with Gasteiger partial charge in [0, 0.05) is 37.8 Å². The second-order valence-corrected chi connectivity index (χ2v) is 8.13. The van der Waals surface area contributed by atoms with Crippen molar-refractivity contribution in [3.05, 3.63) is 47.7 Å². The van der Waals surface area contributed by atoms with Crippen molar-refractivity contribution < 1.29 is 27.5 Å². The normalized spacial score (nSPS) is 16.9. The number of piperazine rings is 1. The van der Waals surface area contributed by atoms with Crippen LogP contribution in [0.4, 0.5) is 23.2 Å². The summed E-state index contributed by atoms with van der Waals surface area (Å²) in [7, 11) is 2.15. The molecule has 1 atom stereocenters. The number of aliphatic carboxylic acids is 1. The second kappa shape index (κ2) is 9.94. The Kier molecular flexibility index (Phi) is 7.41. The summed E-state index contributed by atoms with van der Waals surface area (Å²) >= 11 is 0. The Labute approximate surface area is 193 Å². The third kappa shape index (κ3) is 5.28. The van der Waals surface area contributed by atoms with E-state index in [-0.39, 0.29) is 5.82 Å². The molecule has 12 heteroatoms. The average molecular weight is 482 g/mol. The molecule has 0 saturated carbocycles. The molecular formula is C22H26F4N6O2. The number of carboxylic acid groups (broad SMARTS) is 1. The van der Waals surface area contributed by atoms with Crippen LogP contribution in [0.5, 0.6) is 0 Å². The topological polar surface area (TPSA) is 100.0 Å². The summed E-state index contributed by atoms with van der Waals surface area (Å²) in [5.41, 5.74) is 10.1. The van der Waals surface area contributed by atoms with Crippen LogP contribution in [0, 0.1) is 12.7 Å². The minimum absolute atomic E-state index is 0.269. The summed E-state index contributed by atoms with van der Waals surface area (Å²) in [5, 5.41) is 11.5. The van der Waals surface area contributed by atoms with Crippen LogP contribution in [-0.2, 0) is 11.3 Å². The monoisotopic (exact) mass is 482 g/mol. The number of benzene rings is 1. The number of hydrogen-bond acceptors (Lipinski definition) is 6. The van der Waals surface area contributed by atoms with E-state index >= 15 is 0 Å². The van der Waals surface area contributed by atoms with Gasteiger partial charge in [-0.25, -0.2) is 18.7 Å². The van der Waals surface area contributed by atoms with Crippen LogP contribution in [0.15, 0.2) is 30.7 Å². The fourth-order valence-electron chi connectivity index (χ4n) is 3.71. The SMILES string of the molecule is Cc1c(CN)ccc(-c2ncnn3cc(N4CCN(C)C(C)C4)cc23)c1F.O=C(O)C(F)(F)F. The largest absolute Gasteiger partial charge is 0.490 e. The van der Waals surface area contributed by atoms with Crippen molar-refractivity contribution in [2.75, 3.05) is 31.6 Å². The number of carbonyl (C=O) groups is 1. The molecule has 34 heavy (non-hydrogen) atoms. The molecule has 1 aliphatic rings. The fourth-order valence-corrected chi connectivity index (χ4v) is 3.71. The molecule has 3 aromatic rings. The Morgan fingerprint density at radius 3 is 2.56 bits per heavy atom. The molecule has 184 valence electrons. The van der Waals surface area contributed by atoms with Gasteiger partial charge in [0.25, 0.3) is 0 Å². The highest BCUT2D eigenvalue weighted by molar-refractivity contribution is 5.80. The molecule has 0 amide bonds. The molecule has 8 nitrogen and oxygen atoms in total. The van der Waals surface area contributed by atoms with Crippen LogP contribution in [0.25, 0.3) is 16.8 Å². The van der Waals surface area contributed by atoms with E-state index in [1.165, 1.54) is 6.33 Å². The molecule has 1 unspecified atom stereocenters. The predicted molar refractivity (Wildman–Crippen MR) is 119 cm³/mol. The first-order valence-electron chi connectivity index (χ1n) is 10.5. The number of anilines is 1. The van der Waals surface area contributed by atoms with Crippen molar-refractivity contribution in [1.82, 2.24) is 19.5 Å². The molecule has 0 bridgehead atoms. The minimum Gasteiger partial charge on any atom is -0.475 e. The third-order valence-electron chi connectivity index (χ3n) is 5.93. The van der Waals surface area contributed by atoms with Crippen LogP contribution < -0.4 is 10.6 Å². The number of fused-ring (bicyclic) bond motifs is 1. The maximum Gasteiger partial charge on any atom is 0.490 e. The standard InChI is InChI=1S/C20H25FN6.C2HF3O2/c1-13-10-26(7-6-25(13)3)16-8-18-20(23-12-24-27(18)11-16)17-5-4-15(9-22)14(2)19(17)21;3-2(4,5)1(6)7/h4-5,8,11-13H,6-7,9-10,22H2,1-3H3;(H,6,7). The first kappa shape index (κ1) is 25.4. The molecule has 0 aliphatic carbocycles. The van der Waals surface area contributed by atoms with Crippen LogP contribution >= 0.6 is 0 Å². The number of hydrogen-bond donors (Lipinski definition) is 2. The smallest absolute Gasteiger partial charge is 0.475 e. The van der Waals surface area contributed by atoms with Crippen LogP contribution in [0.2, 0.25) is 0 Å². The van der Waals surface area contributed by atoms with E-state index in [9.17, 15) is 17.6 Å². The number of halogens is 4. The number of nitrogens with zero attached hydrogens (tertiary/aromatic N) is 5. The highest BCUT2D eigenvalue weighted by Gasteiger charge is 2.38. The zero-order valence-corrected chi connectivity index (χ0v) is 19.0.